The van der Waals surface area contributed by atoms with Crippen LogP contribution in [0.3, 0.4) is 0 Å². The van der Waals surface area contributed by atoms with E-state index in [9.17, 15) is 19.2 Å². The summed E-state index contributed by atoms with van der Waals surface area (Å²) in [6.45, 7) is 12.8. The molecule has 7 heteroatoms. The summed E-state index contributed by atoms with van der Waals surface area (Å²) in [7, 11) is 1.55. The van der Waals surface area contributed by atoms with Crippen LogP contribution in [0.15, 0.2) is 84.5 Å². The van der Waals surface area contributed by atoms with Gasteiger partial charge in [-0.15, -0.1) is 6.58 Å². The molecule has 0 aromatic heterocycles. The van der Waals surface area contributed by atoms with Gasteiger partial charge < -0.3 is 5.73 Å². The number of allylic oxidation sites excluding steroid dienone is 8. The van der Waals surface area contributed by atoms with Crippen LogP contribution >= 0.6 is 0 Å². The molecule has 2 saturated heterocycles. The molecule has 2 aliphatic heterocycles. The zero-order chi connectivity index (χ0) is 31.9. The standard InChI is InChI=1S/C37H45N3O4/c1-7-24-28(19-21(2)3)26(31-30(24)34(41)39(6)35(31)42)15-16-27-29(20-22(4)5)25(14-13-23-11-9-8-10-12-23)32-33(27)37(44)40(18-17-38)36(32)43/h7-16,19-22,24-27,30-33H,1,17-18,38H2,2-6H3/b14-13-,16-15?,28-19+,29-20-/t24-,25+,26+,27-,30+,31-,32-,33+/m0/s1. The van der Waals surface area contributed by atoms with Crippen molar-refractivity contribution >= 4 is 29.7 Å². The van der Waals surface area contributed by atoms with Gasteiger partial charge in [-0.05, 0) is 17.4 Å². The molecular formula is C37H45N3O4. The molecule has 0 unspecified atom stereocenters. The molecule has 2 aliphatic carbocycles. The minimum Gasteiger partial charge on any atom is -0.329 e. The van der Waals surface area contributed by atoms with Gasteiger partial charge in [-0.1, -0.05) is 112 Å². The summed E-state index contributed by atoms with van der Waals surface area (Å²) >= 11 is 0. The SMILES string of the molecule is C=C[C@H]1/C(=C\C(C)C)[C@@H](C=C[C@H]2/C(=C\C(C)C)[C@@H](/C=C\c3ccccc3)[C@@H]3C(=O)N(CCN)C(=O)[C@@H]32)[C@@H]2C(=O)N(C)C(=O)[C@@H]21. The molecule has 2 saturated carbocycles. The summed E-state index contributed by atoms with van der Waals surface area (Å²) in [6, 6.07) is 9.94. The molecule has 4 fully saturated rings. The van der Waals surface area contributed by atoms with Gasteiger partial charge in [-0.2, -0.15) is 0 Å². The molecule has 1 aromatic carbocycles. The Morgan fingerprint density at radius 3 is 1.66 bits per heavy atom. The van der Waals surface area contributed by atoms with E-state index in [4.69, 9.17) is 5.73 Å². The van der Waals surface area contributed by atoms with E-state index in [1.165, 1.54) is 9.80 Å². The third-order valence-corrected chi connectivity index (χ3v) is 9.67. The molecule has 4 aliphatic rings. The summed E-state index contributed by atoms with van der Waals surface area (Å²) in [4.78, 5) is 57.0. The van der Waals surface area contributed by atoms with E-state index >= 15 is 0 Å². The topological polar surface area (TPSA) is 101 Å². The second kappa shape index (κ2) is 12.6. The van der Waals surface area contributed by atoms with Crippen molar-refractivity contribution in [1.29, 1.82) is 0 Å². The number of carbonyl (C=O) groups is 4. The monoisotopic (exact) mass is 595 g/mol. The predicted molar refractivity (Wildman–Crippen MR) is 172 cm³/mol. The van der Waals surface area contributed by atoms with Crippen molar-refractivity contribution < 1.29 is 19.2 Å². The van der Waals surface area contributed by atoms with E-state index in [0.717, 1.165) is 16.7 Å². The van der Waals surface area contributed by atoms with Crippen molar-refractivity contribution in [2.24, 2.45) is 64.9 Å². The summed E-state index contributed by atoms with van der Waals surface area (Å²) in [6.07, 6.45) is 14.3. The highest BCUT2D eigenvalue weighted by molar-refractivity contribution is 6.07. The lowest BCUT2D eigenvalue weighted by Crippen LogP contribution is -2.37. The molecule has 0 radical (unpaired) electrons. The molecule has 232 valence electrons. The molecule has 0 bridgehead atoms. The summed E-state index contributed by atoms with van der Waals surface area (Å²) in [5.74, 6) is -3.55. The average Bonchev–Trinajstić information content (AvgIpc) is 3.61. The minimum atomic E-state index is -0.561. The van der Waals surface area contributed by atoms with E-state index in [1.54, 1.807) is 13.1 Å². The van der Waals surface area contributed by atoms with Crippen LogP contribution in [-0.2, 0) is 19.2 Å². The number of amides is 4. The Labute approximate surface area is 261 Å². The van der Waals surface area contributed by atoms with E-state index < -0.39 is 23.7 Å². The second-order valence-electron chi connectivity index (χ2n) is 13.3. The Hall–Kier alpha value is -3.84. The van der Waals surface area contributed by atoms with Crippen LogP contribution in [0.5, 0.6) is 0 Å². The van der Waals surface area contributed by atoms with E-state index in [2.05, 4.69) is 58.6 Å². The van der Waals surface area contributed by atoms with E-state index in [-0.39, 0.29) is 72.2 Å². The molecule has 44 heavy (non-hydrogen) atoms. The fraction of sp³-hybridized carbons (Fsp3) is 0.459. The summed E-state index contributed by atoms with van der Waals surface area (Å²) in [5, 5.41) is 0. The highest BCUT2D eigenvalue weighted by Crippen LogP contribution is 2.55. The van der Waals surface area contributed by atoms with Gasteiger partial charge in [0, 0.05) is 43.8 Å². The Balaban J connectivity index is 1.62. The zero-order valence-electron chi connectivity index (χ0n) is 26.4. The number of hydrogen-bond donors (Lipinski definition) is 1. The first-order chi connectivity index (χ1) is 21.0. The maximum atomic E-state index is 13.9. The van der Waals surface area contributed by atoms with Crippen molar-refractivity contribution in [3.63, 3.8) is 0 Å². The number of benzene rings is 1. The number of nitrogens with two attached hydrogens (primary N) is 1. The number of likely N-dealkylation sites (tertiary alicyclic amines) is 2. The van der Waals surface area contributed by atoms with Crippen LogP contribution in [0.2, 0.25) is 0 Å². The Morgan fingerprint density at radius 1 is 0.727 bits per heavy atom. The zero-order valence-corrected chi connectivity index (χ0v) is 26.4. The lowest BCUT2D eigenvalue weighted by molar-refractivity contribution is -0.141. The Morgan fingerprint density at radius 2 is 1.18 bits per heavy atom. The Bertz CT molecular complexity index is 1450. The number of fused-ring (bicyclic) bond motifs is 2. The lowest BCUT2D eigenvalue weighted by Gasteiger charge is -2.23. The fourth-order valence-corrected chi connectivity index (χ4v) is 7.98. The maximum Gasteiger partial charge on any atom is 0.234 e. The second-order valence-corrected chi connectivity index (χ2v) is 13.3. The van der Waals surface area contributed by atoms with Gasteiger partial charge in [-0.25, -0.2) is 0 Å². The van der Waals surface area contributed by atoms with Gasteiger partial charge >= 0.3 is 0 Å². The van der Waals surface area contributed by atoms with Crippen LogP contribution in [0.25, 0.3) is 6.08 Å². The van der Waals surface area contributed by atoms with Crippen molar-refractivity contribution in [2.75, 3.05) is 20.1 Å². The van der Waals surface area contributed by atoms with Crippen LogP contribution in [0.4, 0.5) is 0 Å². The van der Waals surface area contributed by atoms with Gasteiger partial charge in [0.2, 0.25) is 23.6 Å². The largest absolute Gasteiger partial charge is 0.329 e. The van der Waals surface area contributed by atoms with Gasteiger partial charge in [0.05, 0.1) is 23.7 Å². The normalized spacial score (nSPS) is 33.9. The van der Waals surface area contributed by atoms with Gasteiger partial charge in [0.25, 0.3) is 0 Å². The average molecular weight is 596 g/mol. The molecule has 4 amide bonds. The molecule has 1 aromatic rings. The minimum absolute atomic E-state index is 0.170. The van der Waals surface area contributed by atoms with Crippen molar-refractivity contribution in [3.8, 4) is 0 Å². The highest BCUT2D eigenvalue weighted by atomic mass is 16.2. The molecular weight excluding hydrogens is 550 g/mol. The number of hydrogen-bond acceptors (Lipinski definition) is 5. The van der Waals surface area contributed by atoms with Crippen molar-refractivity contribution in [1.82, 2.24) is 9.80 Å². The number of imide groups is 2. The smallest absolute Gasteiger partial charge is 0.234 e. The summed E-state index contributed by atoms with van der Waals surface area (Å²) in [5.41, 5.74) is 8.92. The van der Waals surface area contributed by atoms with Crippen molar-refractivity contribution in [2.45, 2.75) is 27.7 Å². The number of carbonyl (C=O) groups excluding carboxylic acids is 4. The quantitative estimate of drug-likeness (QED) is 0.324. The third-order valence-electron chi connectivity index (χ3n) is 9.67. The number of nitrogens with zero attached hydrogens (tertiary/aromatic N) is 2. The number of rotatable bonds is 9. The van der Waals surface area contributed by atoms with Crippen LogP contribution < -0.4 is 5.73 Å². The predicted octanol–water partition coefficient (Wildman–Crippen LogP) is 4.89. The van der Waals surface area contributed by atoms with Gasteiger partial charge in [-0.3, -0.25) is 29.0 Å². The van der Waals surface area contributed by atoms with E-state index in [0.29, 0.717) is 0 Å². The first-order valence-corrected chi connectivity index (χ1v) is 15.9. The Kier molecular flexibility index (Phi) is 9.07. The molecule has 5 rings (SSSR count). The molecule has 8 atom stereocenters. The van der Waals surface area contributed by atoms with Crippen LogP contribution in [0, 0.1) is 59.2 Å². The highest BCUT2D eigenvalue weighted by Gasteiger charge is 2.60. The molecule has 2 N–H and O–H groups in total. The van der Waals surface area contributed by atoms with Crippen LogP contribution in [0.1, 0.15) is 33.3 Å². The molecule has 0 spiro atoms. The first kappa shape index (κ1) is 31.6. The third kappa shape index (κ3) is 5.36. The van der Waals surface area contributed by atoms with Crippen molar-refractivity contribution in [3.05, 3.63) is 90.1 Å². The lowest BCUT2D eigenvalue weighted by atomic mass is 9.84. The molecule has 7 nitrogen and oxygen atoms in total. The first-order valence-electron chi connectivity index (χ1n) is 15.9. The van der Waals surface area contributed by atoms with Crippen LogP contribution in [-0.4, -0.2) is 53.6 Å². The maximum absolute atomic E-state index is 13.9. The van der Waals surface area contributed by atoms with Gasteiger partial charge in [0.15, 0.2) is 0 Å². The molecule has 2 heterocycles. The summed E-state index contributed by atoms with van der Waals surface area (Å²) < 4.78 is 0. The fourth-order valence-electron chi connectivity index (χ4n) is 7.98. The van der Waals surface area contributed by atoms with E-state index in [1.807, 2.05) is 42.5 Å². The van der Waals surface area contributed by atoms with Gasteiger partial charge in [0.1, 0.15) is 0 Å².